The molecule has 1 amide bonds. The van der Waals surface area contributed by atoms with E-state index in [1.54, 1.807) is 7.11 Å². The molecule has 0 aromatic rings. The minimum Gasteiger partial charge on any atom is -0.381 e. The summed E-state index contributed by atoms with van der Waals surface area (Å²) in [5, 5.41) is 2.98. The van der Waals surface area contributed by atoms with Crippen LogP contribution >= 0.6 is 0 Å². The van der Waals surface area contributed by atoms with Crippen molar-refractivity contribution in [3.63, 3.8) is 0 Å². The molecule has 0 aromatic heterocycles. The molecule has 1 rings (SSSR count). The summed E-state index contributed by atoms with van der Waals surface area (Å²) < 4.78 is 5.30. The van der Waals surface area contributed by atoms with Gasteiger partial charge in [-0.25, -0.2) is 0 Å². The number of amides is 1. The fourth-order valence-electron chi connectivity index (χ4n) is 1.96. The van der Waals surface area contributed by atoms with E-state index >= 15 is 0 Å². The summed E-state index contributed by atoms with van der Waals surface area (Å²) in [7, 11) is 1.76. The Morgan fingerprint density at radius 2 is 1.94 bits per heavy atom. The summed E-state index contributed by atoms with van der Waals surface area (Å²) >= 11 is 0. The zero-order valence-electron chi connectivity index (χ0n) is 10.9. The smallest absolute Gasteiger partial charge is 0.234 e. The quantitative estimate of drug-likeness (QED) is 0.784. The van der Waals surface area contributed by atoms with E-state index in [0.29, 0.717) is 12.6 Å². The second-order valence-corrected chi connectivity index (χ2v) is 5.51. The first-order chi connectivity index (χ1) is 7.40. The average molecular weight is 228 g/mol. The molecule has 0 aromatic carbocycles. The van der Waals surface area contributed by atoms with E-state index in [1.807, 2.05) is 20.8 Å². The Morgan fingerprint density at radius 1 is 1.38 bits per heavy atom. The molecule has 1 heterocycles. The monoisotopic (exact) mass is 228 g/mol. The Kier molecular flexibility index (Phi) is 4.74. The molecule has 0 spiro atoms. The van der Waals surface area contributed by atoms with Gasteiger partial charge in [0.1, 0.15) is 0 Å². The van der Waals surface area contributed by atoms with Gasteiger partial charge in [0.25, 0.3) is 0 Å². The van der Waals surface area contributed by atoms with Gasteiger partial charge in [-0.2, -0.15) is 0 Å². The van der Waals surface area contributed by atoms with Crippen molar-refractivity contribution in [2.75, 3.05) is 26.7 Å². The van der Waals surface area contributed by atoms with Crippen molar-refractivity contribution < 1.29 is 9.53 Å². The summed E-state index contributed by atoms with van der Waals surface area (Å²) in [6, 6.07) is 0. The second kappa shape index (κ2) is 5.64. The molecule has 0 aliphatic carbocycles. The normalized spacial score (nSPS) is 19.8. The zero-order chi connectivity index (χ0) is 12.2. The maximum atomic E-state index is 11.7. The Bertz CT molecular complexity index is 228. The van der Waals surface area contributed by atoms with E-state index in [0.717, 1.165) is 25.9 Å². The predicted octanol–water partition coefficient (Wildman–Crippen LogP) is 1.01. The van der Waals surface area contributed by atoms with Crippen LogP contribution in [0.3, 0.4) is 0 Å². The van der Waals surface area contributed by atoms with Gasteiger partial charge in [-0.05, 0) is 33.6 Å². The summed E-state index contributed by atoms with van der Waals surface area (Å²) in [6.45, 7) is 8.42. The number of likely N-dealkylation sites (tertiary alicyclic amines) is 1. The first kappa shape index (κ1) is 13.5. The Balaban J connectivity index is 2.26. The molecule has 0 saturated carbocycles. The van der Waals surface area contributed by atoms with E-state index < -0.39 is 0 Å². The maximum Gasteiger partial charge on any atom is 0.234 e. The Hall–Kier alpha value is -0.610. The summed E-state index contributed by atoms with van der Waals surface area (Å²) in [5.41, 5.74) is -0.137. The SMILES string of the molecule is COC1CCN(CC(=O)NC(C)(C)C)CC1. The summed E-state index contributed by atoms with van der Waals surface area (Å²) in [6.07, 6.45) is 2.43. The van der Waals surface area contributed by atoms with Crippen LogP contribution in [-0.4, -0.2) is 49.2 Å². The first-order valence-electron chi connectivity index (χ1n) is 5.97. The third-order valence-electron chi connectivity index (χ3n) is 2.75. The fourth-order valence-corrected chi connectivity index (χ4v) is 1.96. The molecular weight excluding hydrogens is 204 g/mol. The van der Waals surface area contributed by atoms with Crippen LogP contribution in [-0.2, 0) is 9.53 Å². The molecule has 4 nitrogen and oxygen atoms in total. The topological polar surface area (TPSA) is 41.6 Å². The number of methoxy groups -OCH3 is 1. The number of carbonyl (C=O) groups excluding carboxylic acids is 1. The first-order valence-corrected chi connectivity index (χ1v) is 5.97. The molecule has 1 fully saturated rings. The number of nitrogens with zero attached hydrogens (tertiary/aromatic N) is 1. The van der Waals surface area contributed by atoms with Crippen molar-refractivity contribution in [2.45, 2.75) is 45.3 Å². The van der Waals surface area contributed by atoms with Crippen LogP contribution in [0.2, 0.25) is 0 Å². The van der Waals surface area contributed by atoms with Crippen molar-refractivity contribution in [3.8, 4) is 0 Å². The van der Waals surface area contributed by atoms with Crippen LogP contribution in [0.1, 0.15) is 33.6 Å². The van der Waals surface area contributed by atoms with Crippen molar-refractivity contribution in [1.82, 2.24) is 10.2 Å². The number of hydrogen-bond donors (Lipinski definition) is 1. The molecule has 0 unspecified atom stereocenters. The third kappa shape index (κ3) is 4.94. The van der Waals surface area contributed by atoms with Gasteiger partial charge in [0.2, 0.25) is 5.91 Å². The lowest BCUT2D eigenvalue weighted by atomic mass is 10.1. The summed E-state index contributed by atoms with van der Waals surface area (Å²) in [5.74, 6) is 0.114. The van der Waals surface area contributed by atoms with E-state index in [9.17, 15) is 4.79 Å². The zero-order valence-corrected chi connectivity index (χ0v) is 10.9. The molecule has 94 valence electrons. The molecule has 16 heavy (non-hydrogen) atoms. The van der Waals surface area contributed by atoms with Crippen LogP contribution in [0, 0.1) is 0 Å². The van der Waals surface area contributed by atoms with Crippen molar-refractivity contribution in [1.29, 1.82) is 0 Å². The van der Waals surface area contributed by atoms with Gasteiger partial charge < -0.3 is 10.1 Å². The lowest BCUT2D eigenvalue weighted by Gasteiger charge is -2.31. The molecule has 1 aliphatic rings. The number of piperidine rings is 1. The molecule has 1 N–H and O–H groups in total. The van der Waals surface area contributed by atoms with E-state index in [2.05, 4.69) is 10.2 Å². The highest BCUT2D eigenvalue weighted by atomic mass is 16.5. The minimum atomic E-state index is -0.137. The fraction of sp³-hybridized carbons (Fsp3) is 0.917. The van der Waals surface area contributed by atoms with E-state index in [4.69, 9.17) is 4.74 Å². The summed E-state index contributed by atoms with van der Waals surface area (Å²) in [4.78, 5) is 13.9. The minimum absolute atomic E-state index is 0.114. The lowest BCUT2D eigenvalue weighted by molar-refractivity contribution is -0.124. The van der Waals surface area contributed by atoms with Gasteiger partial charge in [0.05, 0.1) is 12.6 Å². The standard InChI is InChI=1S/C12H24N2O2/c1-12(2,3)13-11(15)9-14-7-5-10(16-4)6-8-14/h10H,5-9H2,1-4H3,(H,13,15). The van der Waals surface area contributed by atoms with Gasteiger partial charge >= 0.3 is 0 Å². The van der Waals surface area contributed by atoms with E-state index in [1.165, 1.54) is 0 Å². The Morgan fingerprint density at radius 3 is 2.38 bits per heavy atom. The highest BCUT2D eigenvalue weighted by Crippen LogP contribution is 2.12. The van der Waals surface area contributed by atoms with Gasteiger partial charge in [-0.1, -0.05) is 0 Å². The van der Waals surface area contributed by atoms with Gasteiger partial charge in [0, 0.05) is 25.7 Å². The van der Waals surface area contributed by atoms with Gasteiger partial charge in [-0.3, -0.25) is 9.69 Å². The van der Waals surface area contributed by atoms with Gasteiger partial charge in [0.15, 0.2) is 0 Å². The average Bonchev–Trinajstić information content (AvgIpc) is 2.16. The molecular formula is C12H24N2O2. The van der Waals surface area contributed by atoms with Crippen LogP contribution in [0.15, 0.2) is 0 Å². The molecule has 0 atom stereocenters. The predicted molar refractivity (Wildman–Crippen MR) is 64.4 cm³/mol. The van der Waals surface area contributed by atoms with Crippen LogP contribution in [0.4, 0.5) is 0 Å². The number of nitrogens with one attached hydrogen (secondary N) is 1. The number of ether oxygens (including phenoxy) is 1. The third-order valence-corrected chi connectivity index (χ3v) is 2.75. The second-order valence-electron chi connectivity index (χ2n) is 5.51. The molecule has 1 aliphatic heterocycles. The highest BCUT2D eigenvalue weighted by molar-refractivity contribution is 5.78. The van der Waals surface area contributed by atoms with E-state index in [-0.39, 0.29) is 11.4 Å². The van der Waals surface area contributed by atoms with Crippen molar-refractivity contribution in [2.24, 2.45) is 0 Å². The largest absolute Gasteiger partial charge is 0.381 e. The number of rotatable bonds is 3. The molecule has 1 saturated heterocycles. The molecule has 4 heteroatoms. The van der Waals surface area contributed by atoms with Crippen LogP contribution in [0.5, 0.6) is 0 Å². The number of hydrogen-bond acceptors (Lipinski definition) is 3. The van der Waals surface area contributed by atoms with Gasteiger partial charge in [-0.15, -0.1) is 0 Å². The van der Waals surface area contributed by atoms with Crippen molar-refractivity contribution >= 4 is 5.91 Å². The maximum absolute atomic E-state index is 11.7. The Labute approximate surface area is 98.3 Å². The number of carbonyl (C=O) groups is 1. The molecule has 0 radical (unpaired) electrons. The molecule has 0 bridgehead atoms. The highest BCUT2D eigenvalue weighted by Gasteiger charge is 2.21. The van der Waals surface area contributed by atoms with Crippen LogP contribution in [0.25, 0.3) is 0 Å². The van der Waals surface area contributed by atoms with Crippen LogP contribution < -0.4 is 5.32 Å². The van der Waals surface area contributed by atoms with Crippen molar-refractivity contribution in [3.05, 3.63) is 0 Å². The lowest BCUT2D eigenvalue weighted by Crippen LogP contribution is -2.48.